The first kappa shape index (κ1) is 9.96. The molecule has 0 aromatic carbocycles. The lowest BCUT2D eigenvalue weighted by Gasteiger charge is -2.21. The van der Waals surface area contributed by atoms with Gasteiger partial charge in [0.1, 0.15) is 0 Å². The number of hydrogen-bond acceptors (Lipinski definition) is 3. The van der Waals surface area contributed by atoms with Gasteiger partial charge in [-0.25, -0.2) is 0 Å². The maximum absolute atomic E-state index is 5.75. The van der Waals surface area contributed by atoms with Gasteiger partial charge in [-0.15, -0.1) is 0 Å². The zero-order valence-corrected chi connectivity index (χ0v) is 8.29. The predicted octanol–water partition coefficient (Wildman–Crippen LogP) is -0.0289. The summed E-state index contributed by atoms with van der Waals surface area (Å²) >= 11 is 0. The summed E-state index contributed by atoms with van der Waals surface area (Å²) in [7, 11) is 2.19. The van der Waals surface area contributed by atoms with Crippen LogP contribution in [0.25, 0.3) is 0 Å². The Bertz CT molecular complexity index is 125. The second-order valence-electron chi connectivity index (χ2n) is 3.93. The van der Waals surface area contributed by atoms with Gasteiger partial charge in [-0.3, -0.25) is 0 Å². The summed E-state index contributed by atoms with van der Waals surface area (Å²) in [4.78, 5) is 4.86. The Balaban J connectivity index is 2.26. The Morgan fingerprint density at radius 2 is 2.00 bits per heavy atom. The minimum absolute atomic E-state index is 0.313. The van der Waals surface area contributed by atoms with Crippen LogP contribution in [0, 0.1) is 0 Å². The summed E-state index contributed by atoms with van der Waals surface area (Å²) in [5.41, 5.74) is 5.75. The topological polar surface area (TPSA) is 32.5 Å². The zero-order valence-electron chi connectivity index (χ0n) is 8.29. The first-order chi connectivity index (χ1) is 5.68. The van der Waals surface area contributed by atoms with Gasteiger partial charge in [-0.05, 0) is 33.5 Å². The molecule has 0 aliphatic carbocycles. The second-order valence-corrected chi connectivity index (χ2v) is 3.93. The zero-order chi connectivity index (χ0) is 8.97. The van der Waals surface area contributed by atoms with E-state index in [1.165, 1.54) is 32.6 Å². The van der Waals surface area contributed by atoms with Crippen molar-refractivity contribution in [2.75, 3.05) is 39.8 Å². The lowest BCUT2D eigenvalue weighted by atomic mass is 10.3. The van der Waals surface area contributed by atoms with Gasteiger partial charge in [0.25, 0.3) is 0 Å². The largest absolute Gasteiger partial charge is 0.327 e. The number of nitrogens with two attached hydrogens (primary N) is 1. The average Bonchev–Trinajstić information content (AvgIpc) is 2.15. The summed E-state index contributed by atoms with van der Waals surface area (Å²) in [5.74, 6) is 0. The summed E-state index contributed by atoms with van der Waals surface area (Å²) in [6, 6.07) is 0.313. The van der Waals surface area contributed by atoms with E-state index in [1.807, 2.05) is 0 Å². The van der Waals surface area contributed by atoms with Gasteiger partial charge >= 0.3 is 0 Å². The molecule has 0 radical (unpaired) electrons. The predicted molar refractivity (Wildman–Crippen MR) is 52.2 cm³/mol. The second kappa shape index (κ2) is 4.80. The highest BCUT2D eigenvalue weighted by molar-refractivity contribution is 4.70. The molecule has 1 aliphatic rings. The molecule has 1 atom stereocenters. The van der Waals surface area contributed by atoms with Gasteiger partial charge in [-0.2, -0.15) is 0 Å². The molecule has 2 N–H and O–H groups in total. The Kier molecular flexibility index (Phi) is 3.98. The molecule has 12 heavy (non-hydrogen) atoms. The Morgan fingerprint density at radius 1 is 1.25 bits per heavy atom. The Labute approximate surface area is 75.5 Å². The highest BCUT2D eigenvalue weighted by atomic mass is 15.2. The summed E-state index contributed by atoms with van der Waals surface area (Å²) in [5, 5.41) is 0. The van der Waals surface area contributed by atoms with Crippen molar-refractivity contribution < 1.29 is 0 Å². The third-order valence-electron chi connectivity index (χ3n) is 2.36. The quantitative estimate of drug-likeness (QED) is 0.633. The third kappa shape index (κ3) is 3.52. The maximum atomic E-state index is 5.75. The van der Waals surface area contributed by atoms with Crippen LogP contribution in [0.2, 0.25) is 0 Å². The highest BCUT2D eigenvalue weighted by Crippen LogP contribution is 2.00. The smallest absolute Gasteiger partial charge is 0.0139 e. The van der Waals surface area contributed by atoms with E-state index in [0.29, 0.717) is 6.04 Å². The van der Waals surface area contributed by atoms with Gasteiger partial charge in [0.05, 0.1) is 0 Å². The van der Waals surface area contributed by atoms with E-state index in [-0.39, 0.29) is 0 Å². The highest BCUT2D eigenvalue weighted by Gasteiger charge is 2.12. The van der Waals surface area contributed by atoms with Crippen molar-refractivity contribution in [1.29, 1.82) is 0 Å². The molecule has 0 bridgehead atoms. The molecule has 1 heterocycles. The van der Waals surface area contributed by atoms with Gasteiger partial charge in [0.2, 0.25) is 0 Å². The van der Waals surface area contributed by atoms with E-state index in [2.05, 4.69) is 23.8 Å². The maximum Gasteiger partial charge on any atom is 0.0139 e. The van der Waals surface area contributed by atoms with Crippen molar-refractivity contribution in [3.8, 4) is 0 Å². The molecule has 3 heteroatoms. The number of rotatable bonds is 2. The van der Waals surface area contributed by atoms with Crippen LogP contribution in [-0.4, -0.2) is 55.6 Å². The fourth-order valence-corrected chi connectivity index (χ4v) is 1.69. The van der Waals surface area contributed by atoms with Gasteiger partial charge in [0.15, 0.2) is 0 Å². The molecule has 0 spiro atoms. The van der Waals surface area contributed by atoms with E-state index in [0.717, 1.165) is 6.54 Å². The van der Waals surface area contributed by atoms with Crippen LogP contribution >= 0.6 is 0 Å². The van der Waals surface area contributed by atoms with Crippen LogP contribution in [-0.2, 0) is 0 Å². The van der Waals surface area contributed by atoms with Crippen LogP contribution < -0.4 is 5.73 Å². The molecule has 0 aromatic heterocycles. The van der Waals surface area contributed by atoms with Crippen molar-refractivity contribution in [3.05, 3.63) is 0 Å². The summed E-state index contributed by atoms with van der Waals surface area (Å²) in [6.07, 6.45) is 1.28. The van der Waals surface area contributed by atoms with Crippen molar-refractivity contribution in [1.82, 2.24) is 9.80 Å². The molecule has 0 saturated carbocycles. The van der Waals surface area contributed by atoms with E-state index in [9.17, 15) is 0 Å². The number of nitrogens with zero attached hydrogens (tertiary/aromatic N) is 2. The SMILES string of the molecule is CC(N)CN1CCCN(C)CC1. The van der Waals surface area contributed by atoms with E-state index in [4.69, 9.17) is 5.73 Å². The molecule has 1 saturated heterocycles. The number of hydrogen-bond donors (Lipinski definition) is 1. The minimum Gasteiger partial charge on any atom is -0.327 e. The van der Waals surface area contributed by atoms with E-state index >= 15 is 0 Å². The van der Waals surface area contributed by atoms with Crippen LogP contribution in [0.1, 0.15) is 13.3 Å². The van der Waals surface area contributed by atoms with Crippen LogP contribution in [0.15, 0.2) is 0 Å². The fourth-order valence-electron chi connectivity index (χ4n) is 1.69. The molecule has 3 nitrogen and oxygen atoms in total. The molecule has 1 unspecified atom stereocenters. The lowest BCUT2D eigenvalue weighted by molar-refractivity contribution is 0.265. The molecule has 1 fully saturated rings. The van der Waals surface area contributed by atoms with Crippen LogP contribution in [0.5, 0.6) is 0 Å². The van der Waals surface area contributed by atoms with Crippen LogP contribution in [0.4, 0.5) is 0 Å². The standard InChI is InChI=1S/C9H21N3/c1-9(10)8-12-5-3-4-11(2)6-7-12/h9H,3-8,10H2,1-2H3. The van der Waals surface area contributed by atoms with Crippen molar-refractivity contribution in [3.63, 3.8) is 0 Å². The van der Waals surface area contributed by atoms with Crippen LogP contribution in [0.3, 0.4) is 0 Å². The van der Waals surface area contributed by atoms with Gasteiger partial charge < -0.3 is 15.5 Å². The molecule has 1 aliphatic heterocycles. The lowest BCUT2D eigenvalue weighted by Crippen LogP contribution is -2.37. The average molecular weight is 171 g/mol. The molecule has 72 valence electrons. The van der Waals surface area contributed by atoms with Gasteiger partial charge in [0, 0.05) is 25.7 Å². The fraction of sp³-hybridized carbons (Fsp3) is 1.00. The van der Waals surface area contributed by atoms with Crippen molar-refractivity contribution in [2.24, 2.45) is 5.73 Å². The minimum atomic E-state index is 0.313. The first-order valence-electron chi connectivity index (χ1n) is 4.85. The summed E-state index contributed by atoms with van der Waals surface area (Å²) < 4.78 is 0. The van der Waals surface area contributed by atoms with E-state index in [1.54, 1.807) is 0 Å². The van der Waals surface area contributed by atoms with E-state index < -0.39 is 0 Å². The molecular formula is C9H21N3. The Hall–Kier alpha value is -0.120. The van der Waals surface area contributed by atoms with Crippen molar-refractivity contribution >= 4 is 0 Å². The summed E-state index contributed by atoms with van der Waals surface area (Å²) in [6.45, 7) is 7.94. The Morgan fingerprint density at radius 3 is 2.67 bits per heavy atom. The third-order valence-corrected chi connectivity index (χ3v) is 2.36. The monoisotopic (exact) mass is 171 g/mol. The van der Waals surface area contributed by atoms with Crippen molar-refractivity contribution in [2.45, 2.75) is 19.4 Å². The first-order valence-corrected chi connectivity index (χ1v) is 4.85. The molecule has 1 rings (SSSR count). The molecule has 0 aromatic rings. The normalized spacial score (nSPS) is 25.2. The number of likely N-dealkylation sites (N-methyl/N-ethyl adjacent to an activating group) is 1. The molecular weight excluding hydrogens is 150 g/mol. The molecule has 0 amide bonds. The van der Waals surface area contributed by atoms with Gasteiger partial charge in [-0.1, -0.05) is 0 Å².